The molecule has 0 saturated heterocycles. The van der Waals surface area contributed by atoms with Gasteiger partial charge in [0.25, 0.3) is 5.56 Å². The Hall–Kier alpha value is -3.94. The molecule has 1 amide bonds. The summed E-state index contributed by atoms with van der Waals surface area (Å²) in [6, 6.07) is 17.0. The highest BCUT2D eigenvalue weighted by molar-refractivity contribution is 5.75. The zero-order valence-electron chi connectivity index (χ0n) is 17.4. The van der Waals surface area contributed by atoms with Crippen molar-refractivity contribution in [3.05, 3.63) is 82.4 Å². The number of hydrogen-bond acceptors (Lipinski definition) is 5. The molecule has 2 aromatic heterocycles. The first-order valence-corrected chi connectivity index (χ1v) is 10.0. The maximum atomic E-state index is 12.8. The first-order chi connectivity index (χ1) is 15.0. The van der Waals surface area contributed by atoms with Crippen molar-refractivity contribution in [1.29, 1.82) is 0 Å². The van der Waals surface area contributed by atoms with E-state index in [9.17, 15) is 9.59 Å². The number of carbonyl (C=O) groups is 1. The summed E-state index contributed by atoms with van der Waals surface area (Å²) in [5, 5.41) is 11.4. The van der Waals surface area contributed by atoms with Crippen molar-refractivity contribution in [2.24, 2.45) is 0 Å². The molecule has 4 rings (SSSR count). The van der Waals surface area contributed by atoms with E-state index in [0.29, 0.717) is 24.4 Å². The third-order valence-electron chi connectivity index (χ3n) is 4.98. The molecule has 4 aromatic rings. The van der Waals surface area contributed by atoms with E-state index in [4.69, 9.17) is 4.74 Å². The third-order valence-corrected chi connectivity index (χ3v) is 4.98. The number of aryl methyl sites for hydroxylation is 1. The van der Waals surface area contributed by atoms with Crippen LogP contribution in [0.1, 0.15) is 18.1 Å². The molecule has 8 heteroatoms. The minimum atomic E-state index is -0.377. The Morgan fingerprint density at radius 3 is 2.65 bits per heavy atom. The Balaban J connectivity index is 1.50. The summed E-state index contributed by atoms with van der Waals surface area (Å²) in [5.41, 5.74) is 3.60. The smallest absolute Gasteiger partial charge is 0.293 e. The van der Waals surface area contributed by atoms with E-state index in [2.05, 4.69) is 15.5 Å². The fourth-order valence-electron chi connectivity index (χ4n) is 3.27. The molecule has 2 heterocycles. The average Bonchev–Trinajstić information content (AvgIpc) is 3.21. The van der Waals surface area contributed by atoms with Gasteiger partial charge in [0, 0.05) is 12.1 Å². The summed E-state index contributed by atoms with van der Waals surface area (Å²) in [6.07, 6.45) is 1.43. The number of benzene rings is 2. The summed E-state index contributed by atoms with van der Waals surface area (Å²) in [5.74, 6) is 0.490. The zero-order chi connectivity index (χ0) is 21.8. The molecule has 1 N–H and O–H groups in total. The first-order valence-electron chi connectivity index (χ1n) is 10.0. The normalized spacial score (nSPS) is 10.9. The first kappa shape index (κ1) is 20.3. The second-order valence-corrected chi connectivity index (χ2v) is 7.11. The molecule has 0 fully saturated rings. The molecule has 0 radical (unpaired) electrons. The molecule has 8 nitrogen and oxygen atoms in total. The number of aromatic nitrogens is 4. The molecule has 0 atom stereocenters. The number of fused-ring (bicyclic) bond motifs is 1. The van der Waals surface area contributed by atoms with Crippen molar-refractivity contribution < 1.29 is 9.53 Å². The predicted octanol–water partition coefficient (Wildman–Crippen LogP) is 2.58. The highest BCUT2D eigenvalue weighted by Crippen LogP contribution is 2.21. The molecule has 0 bridgehead atoms. The van der Waals surface area contributed by atoms with E-state index in [0.717, 1.165) is 27.1 Å². The van der Waals surface area contributed by atoms with Gasteiger partial charge in [-0.05, 0) is 55.3 Å². The van der Waals surface area contributed by atoms with E-state index in [-0.39, 0.29) is 18.0 Å². The van der Waals surface area contributed by atoms with Gasteiger partial charge in [0.1, 0.15) is 24.1 Å². The number of hydrogen-bond donors (Lipinski definition) is 1. The molecule has 31 heavy (non-hydrogen) atoms. The van der Waals surface area contributed by atoms with Gasteiger partial charge in [-0.2, -0.15) is 10.2 Å². The van der Waals surface area contributed by atoms with Gasteiger partial charge in [0.05, 0.1) is 12.3 Å². The topological polar surface area (TPSA) is 90.5 Å². The molecule has 0 aliphatic heterocycles. The fourth-order valence-corrected chi connectivity index (χ4v) is 3.27. The molecular weight excluding hydrogens is 394 g/mol. The molecule has 2 aromatic carbocycles. The molecule has 0 aliphatic rings. The standard InChI is InChI=1S/C23H23N5O3/c1-3-31-19-10-8-17(9-11-19)20-12-21-23(30)27(25-15-28(21)26-20)14-22(29)24-13-18-7-5-4-6-16(18)2/h4-12,15H,3,13-14H2,1-2H3,(H,24,29). The Morgan fingerprint density at radius 1 is 1.13 bits per heavy atom. The molecule has 0 unspecified atom stereocenters. The summed E-state index contributed by atoms with van der Waals surface area (Å²) in [6.45, 7) is 4.75. The Labute approximate surface area is 179 Å². The van der Waals surface area contributed by atoms with Gasteiger partial charge in [0.2, 0.25) is 5.91 Å². The number of nitrogens with zero attached hydrogens (tertiary/aromatic N) is 4. The van der Waals surface area contributed by atoms with Crippen LogP contribution < -0.4 is 15.6 Å². The lowest BCUT2D eigenvalue weighted by Gasteiger charge is -2.08. The molecule has 158 valence electrons. The Kier molecular flexibility index (Phi) is 5.79. The van der Waals surface area contributed by atoms with Crippen LogP contribution in [0.2, 0.25) is 0 Å². The van der Waals surface area contributed by atoms with Gasteiger partial charge in [-0.1, -0.05) is 24.3 Å². The molecule has 0 saturated carbocycles. The molecular formula is C23H23N5O3. The van der Waals surface area contributed by atoms with Crippen molar-refractivity contribution >= 4 is 11.4 Å². The van der Waals surface area contributed by atoms with Gasteiger partial charge in [0.15, 0.2) is 0 Å². The largest absolute Gasteiger partial charge is 0.494 e. The van der Waals surface area contributed by atoms with Crippen LogP contribution >= 0.6 is 0 Å². The third kappa shape index (κ3) is 4.48. The Bertz CT molecular complexity index is 1270. The predicted molar refractivity (Wildman–Crippen MR) is 117 cm³/mol. The quantitative estimate of drug-likeness (QED) is 0.499. The number of rotatable bonds is 7. The minimum Gasteiger partial charge on any atom is -0.494 e. The van der Waals surface area contributed by atoms with Gasteiger partial charge in [-0.3, -0.25) is 9.59 Å². The van der Waals surface area contributed by atoms with Crippen molar-refractivity contribution in [2.75, 3.05) is 6.61 Å². The van der Waals surface area contributed by atoms with Crippen LogP contribution in [-0.4, -0.2) is 31.9 Å². The lowest BCUT2D eigenvalue weighted by Crippen LogP contribution is -2.34. The van der Waals surface area contributed by atoms with Crippen LogP contribution in [0.3, 0.4) is 0 Å². The average molecular weight is 417 g/mol. The number of ether oxygens (including phenoxy) is 1. The minimum absolute atomic E-state index is 0.162. The maximum Gasteiger partial charge on any atom is 0.293 e. The SMILES string of the molecule is CCOc1ccc(-c2cc3c(=O)n(CC(=O)NCc4ccccc4C)ncn3n2)cc1. The van der Waals surface area contributed by atoms with E-state index >= 15 is 0 Å². The van der Waals surface area contributed by atoms with Crippen LogP contribution in [0, 0.1) is 6.92 Å². The van der Waals surface area contributed by atoms with Gasteiger partial charge in [-0.25, -0.2) is 9.20 Å². The lowest BCUT2D eigenvalue weighted by molar-refractivity contribution is -0.122. The van der Waals surface area contributed by atoms with Gasteiger partial charge in [-0.15, -0.1) is 0 Å². The van der Waals surface area contributed by atoms with Crippen LogP contribution in [0.5, 0.6) is 5.75 Å². The van der Waals surface area contributed by atoms with Crippen molar-refractivity contribution in [2.45, 2.75) is 26.9 Å². The molecule has 0 aliphatic carbocycles. The number of amides is 1. The summed E-state index contributed by atoms with van der Waals surface area (Å²) < 4.78 is 8.03. The lowest BCUT2D eigenvalue weighted by atomic mass is 10.1. The van der Waals surface area contributed by atoms with Crippen LogP contribution in [0.4, 0.5) is 0 Å². The van der Waals surface area contributed by atoms with Gasteiger partial charge < -0.3 is 10.1 Å². The van der Waals surface area contributed by atoms with E-state index < -0.39 is 0 Å². The second-order valence-electron chi connectivity index (χ2n) is 7.11. The number of nitrogens with one attached hydrogen (secondary N) is 1. The van der Waals surface area contributed by atoms with E-state index in [1.807, 2.05) is 62.4 Å². The number of carbonyl (C=O) groups excluding carboxylic acids is 1. The van der Waals surface area contributed by atoms with Crippen molar-refractivity contribution in [1.82, 2.24) is 24.7 Å². The van der Waals surface area contributed by atoms with E-state index in [1.54, 1.807) is 6.07 Å². The summed E-state index contributed by atoms with van der Waals surface area (Å²) in [4.78, 5) is 25.2. The zero-order valence-corrected chi connectivity index (χ0v) is 17.4. The monoisotopic (exact) mass is 417 g/mol. The highest BCUT2D eigenvalue weighted by Gasteiger charge is 2.12. The van der Waals surface area contributed by atoms with Crippen LogP contribution in [-0.2, 0) is 17.9 Å². The van der Waals surface area contributed by atoms with E-state index in [1.165, 1.54) is 10.8 Å². The Morgan fingerprint density at radius 2 is 1.90 bits per heavy atom. The summed E-state index contributed by atoms with van der Waals surface area (Å²) >= 11 is 0. The molecule has 0 spiro atoms. The second kappa shape index (κ2) is 8.83. The van der Waals surface area contributed by atoms with Crippen LogP contribution in [0.15, 0.2) is 65.7 Å². The van der Waals surface area contributed by atoms with Gasteiger partial charge >= 0.3 is 0 Å². The fraction of sp³-hybridized carbons (Fsp3) is 0.217. The van der Waals surface area contributed by atoms with Crippen LogP contribution in [0.25, 0.3) is 16.8 Å². The van der Waals surface area contributed by atoms with Crippen molar-refractivity contribution in [3.8, 4) is 17.0 Å². The van der Waals surface area contributed by atoms with Crippen molar-refractivity contribution in [3.63, 3.8) is 0 Å². The maximum absolute atomic E-state index is 12.8. The summed E-state index contributed by atoms with van der Waals surface area (Å²) in [7, 11) is 0. The highest BCUT2D eigenvalue weighted by atomic mass is 16.5.